The molecule has 0 aromatic carbocycles. The van der Waals surface area contributed by atoms with E-state index in [0.29, 0.717) is 12.9 Å². The SMILES string of the molecule is CCOC(=O)/C=C\C(C)(CCC(C)=O)OC=O. The molecule has 0 saturated carbocycles. The Balaban J connectivity index is 4.53. The van der Waals surface area contributed by atoms with Crippen molar-refractivity contribution in [2.24, 2.45) is 0 Å². The van der Waals surface area contributed by atoms with Gasteiger partial charge in [0.1, 0.15) is 11.4 Å². The van der Waals surface area contributed by atoms with Gasteiger partial charge < -0.3 is 14.3 Å². The van der Waals surface area contributed by atoms with Crippen LogP contribution in [0.2, 0.25) is 0 Å². The summed E-state index contributed by atoms with van der Waals surface area (Å²) in [7, 11) is 0. The van der Waals surface area contributed by atoms with Gasteiger partial charge in [-0.05, 0) is 33.3 Å². The maximum atomic E-state index is 11.1. The molecule has 0 amide bonds. The second-order valence-electron chi connectivity index (χ2n) is 3.81. The minimum Gasteiger partial charge on any atom is -0.463 e. The Labute approximate surface area is 101 Å². The standard InChI is InChI=1S/C12H18O5/c1-4-16-11(15)6-8-12(3,17-9-13)7-5-10(2)14/h6,8-9H,4-5,7H2,1-3H3/b8-6-. The smallest absolute Gasteiger partial charge is 0.330 e. The third kappa shape index (κ3) is 7.27. The van der Waals surface area contributed by atoms with E-state index in [-0.39, 0.29) is 18.8 Å². The zero-order valence-corrected chi connectivity index (χ0v) is 10.4. The fourth-order valence-electron chi connectivity index (χ4n) is 1.15. The fraction of sp³-hybridized carbons (Fsp3) is 0.583. The summed E-state index contributed by atoms with van der Waals surface area (Å²) in [5.41, 5.74) is -0.958. The molecular formula is C12H18O5. The molecule has 0 aromatic rings. The first-order valence-corrected chi connectivity index (χ1v) is 5.40. The predicted molar refractivity (Wildman–Crippen MR) is 61.2 cm³/mol. The first-order chi connectivity index (χ1) is 7.93. The first-order valence-electron chi connectivity index (χ1n) is 5.40. The van der Waals surface area contributed by atoms with Crippen LogP contribution < -0.4 is 0 Å². The summed E-state index contributed by atoms with van der Waals surface area (Å²) in [6.07, 6.45) is 3.24. The highest BCUT2D eigenvalue weighted by molar-refractivity contribution is 5.82. The van der Waals surface area contributed by atoms with Gasteiger partial charge in [-0.2, -0.15) is 0 Å². The average Bonchev–Trinajstić information content (AvgIpc) is 2.25. The van der Waals surface area contributed by atoms with Crippen molar-refractivity contribution in [3.8, 4) is 0 Å². The van der Waals surface area contributed by atoms with Crippen molar-refractivity contribution in [1.29, 1.82) is 0 Å². The number of esters is 1. The molecule has 5 heteroatoms. The fourth-order valence-corrected chi connectivity index (χ4v) is 1.15. The first kappa shape index (κ1) is 15.3. The molecule has 0 aliphatic heterocycles. The highest BCUT2D eigenvalue weighted by Gasteiger charge is 2.23. The third-order valence-corrected chi connectivity index (χ3v) is 2.15. The molecule has 0 aromatic heterocycles. The van der Waals surface area contributed by atoms with Gasteiger partial charge in [0.25, 0.3) is 6.47 Å². The maximum absolute atomic E-state index is 11.1. The van der Waals surface area contributed by atoms with E-state index >= 15 is 0 Å². The van der Waals surface area contributed by atoms with Gasteiger partial charge in [-0.1, -0.05) is 0 Å². The minimum absolute atomic E-state index is 0.00439. The number of ether oxygens (including phenoxy) is 2. The lowest BCUT2D eigenvalue weighted by atomic mass is 9.98. The van der Waals surface area contributed by atoms with Gasteiger partial charge in [0.2, 0.25) is 0 Å². The summed E-state index contributed by atoms with van der Waals surface area (Å²) < 4.78 is 9.59. The van der Waals surface area contributed by atoms with Crippen LogP contribution in [0.5, 0.6) is 0 Å². The summed E-state index contributed by atoms with van der Waals surface area (Å²) in [5.74, 6) is -0.508. The van der Waals surface area contributed by atoms with Crippen molar-refractivity contribution in [2.45, 2.75) is 39.2 Å². The summed E-state index contributed by atoms with van der Waals surface area (Å²) in [5, 5.41) is 0. The van der Waals surface area contributed by atoms with E-state index in [1.165, 1.54) is 19.1 Å². The average molecular weight is 242 g/mol. The Hall–Kier alpha value is -1.65. The molecule has 0 saturated heterocycles. The van der Waals surface area contributed by atoms with E-state index < -0.39 is 11.6 Å². The van der Waals surface area contributed by atoms with Gasteiger partial charge in [0.15, 0.2) is 0 Å². The number of ketones is 1. The number of rotatable bonds is 8. The van der Waals surface area contributed by atoms with E-state index in [2.05, 4.69) is 0 Å². The van der Waals surface area contributed by atoms with Crippen molar-refractivity contribution in [3.05, 3.63) is 12.2 Å². The molecule has 0 bridgehead atoms. The van der Waals surface area contributed by atoms with E-state index in [1.807, 2.05) is 0 Å². The zero-order valence-electron chi connectivity index (χ0n) is 10.4. The van der Waals surface area contributed by atoms with Gasteiger partial charge in [-0.3, -0.25) is 4.79 Å². The predicted octanol–water partition coefficient (Wildman–Crippen LogP) is 1.41. The molecule has 96 valence electrons. The summed E-state index contributed by atoms with van der Waals surface area (Å²) >= 11 is 0. The molecular weight excluding hydrogens is 224 g/mol. The molecule has 1 atom stereocenters. The van der Waals surface area contributed by atoms with Crippen LogP contribution >= 0.6 is 0 Å². The normalized spacial score (nSPS) is 14.1. The Morgan fingerprint density at radius 1 is 1.35 bits per heavy atom. The van der Waals surface area contributed by atoms with E-state index in [9.17, 15) is 14.4 Å². The van der Waals surface area contributed by atoms with Crippen LogP contribution in [0.15, 0.2) is 12.2 Å². The molecule has 17 heavy (non-hydrogen) atoms. The molecule has 1 unspecified atom stereocenters. The highest BCUT2D eigenvalue weighted by atomic mass is 16.5. The van der Waals surface area contributed by atoms with Gasteiger partial charge in [-0.15, -0.1) is 0 Å². The Bertz CT molecular complexity index is 308. The third-order valence-electron chi connectivity index (χ3n) is 2.15. The number of carbonyl (C=O) groups is 3. The molecule has 5 nitrogen and oxygen atoms in total. The lowest BCUT2D eigenvalue weighted by Crippen LogP contribution is -2.26. The zero-order chi connectivity index (χ0) is 13.3. The molecule has 0 radical (unpaired) electrons. The second kappa shape index (κ2) is 7.60. The van der Waals surface area contributed by atoms with Crippen molar-refractivity contribution < 1.29 is 23.9 Å². The number of hydrogen-bond donors (Lipinski definition) is 0. The Kier molecular flexibility index (Phi) is 6.86. The summed E-state index contributed by atoms with van der Waals surface area (Å²) in [6.45, 7) is 5.36. The lowest BCUT2D eigenvalue weighted by molar-refractivity contribution is -0.140. The van der Waals surface area contributed by atoms with Gasteiger partial charge >= 0.3 is 5.97 Å². The molecule has 0 aliphatic rings. The summed E-state index contributed by atoms with van der Waals surface area (Å²) in [6, 6.07) is 0. The Morgan fingerprint density at radius 3 is 2.47 bits per heavy atom. The molecule has 0 fully saturated rings. The van der Waals surface area contributed by atoms with E-state index in [4.69, 9.17) is 9.47 Å². The largest absolute Gasteiger partial charge is 0.463 e. The number of carbonyl (C=O) groups excluding carboxylic acids is 3. The number of Topliss-reactive ketones (excluding diaryl/α,β-unsaturated/α-hetero) is 1. The highest BCUT2D eigenvalue weighted by Crippen LogP contribution is 2.19. The van der Waals surface area contributed by atoms with Crippen LogP contribution in [0.4, 0.5) is 0 Å². The van der Waals surface area contributed by atoms with Crippen LogP contribution in [-0.2, 0) is 23.9 Å². The molecule has 0 rings (SSSR count). The molecule has 0 heterocycles. The molecule has 0 spiro atoms. The van der Waals surface area contributed by atoms with Crippen molar-refractivity contribution >= 4 is 18.2 Å². The Morgan fingerprint density at radius 2 is 2.00 bits per heavy atom. The van der Waals surface area contributed by atoms with Crippen molar-refractivity contribution in [1.82, 2.24) is 0 Å². The van der Waals surface area contributed by atoms with Crippen LogP contribution in [0.1, 0.15) is 33.6 Å². The molecule has 0 aliphatic carbocycles. The van der Waals surface area contributed by atoms with E-state index in [0.717, 1.165) is 0 Å². The van der Waals surface area contributed by atoms with Gasteiger partial charge in [0.05, 0.1) is 6.61 Å². The topological polar surface area (TPSA) is 69.7 Å². The molecule has 0 N–H and O–H groups in total. The van der Waals surface area contributed by atoms with Crippen molar-refractivity contribution in [3.63, 3.8) is 0 Å². The monoisotopic (exact) mass is 242 g/mol. The summed E-state index contributed by atoms with van der Waals surface area (Å²) in [4.78, 5) is 32.4. The minimum atomic E-state index is -0.958. The van der Waals surface area contributed by atoms with Crippen LogP contribution in [0.25, 0.3) is 0 Å². The van der Waals surface area contributed by atoms with Crippen LogP contribution in [0, 0.1) is 0 Å². The van der Waals surface area contributed by atoms with Gasteiger partial charge in [-0.25, -0.2) is 4.79 Å². The van der Waals surface area contributed by atoms with Crippen LogP contribution in [-0.4, -0.2) is 30.4 Å². The van der Waals surface area contributed by atoms with Crippen molar-refractivity contribution in [2.75, 3.05) is 6.61 Å². The van der Waals surface area contributed by atoms with Crippen LogP contribution in [0.3, 0.4) is 0 Å². The number of hydrogen-bond acceptors (Lipinski definition) is 5. The van der Waals surface area contributed by atoms with E-state index in [1.54, 1.807) is 13.8 Å². The maximum Gasteiger partial charge on any atom is 0.330 e. The second-order valence-corrected chi connectivity index (χ2v) is 3.81. The quantitative estimate of drug-likeness (QED) is 0.365. The van der Waals surface area contributed by atoms with Gasteiger partial charge in [0, 0.05) is 12.5 Å². The lowest BCUT2D eigenvalue weighted by Gasteiger charge is -2.23.